The third-order valence-electron chi connectivity index (χ3n) is 4.32. The summed E-state index contributed by atoms with van der Waals surface area (Å²) in [5.41, 5.74) is 1.23. The molecular weight excluding hydrogens is 306 g/mol. The average Bonchev–Trinajstić information content (AvgIpc) is 2.61. The molecule has 0 radical (unpaired) electrons. The molecule has 0 N–H and O–H groups in total. The van der Waals surface area contributed by atoms with Crippen LogP contribution in [0.25, 0.3) is 0 Å². The van der Waals surface area contributed by atoms with Gasteiger partial charge in [0.15, 0.2) is 0 Å². The Balaban J connectivity index is 1.79. The second kappa shape index (κ2) is 9.05. The standard InChI is InChI=1S/C18H25N3O3/c1-16(23)21(9-5-8-17-6-3-2-4-7-17)14-18(24)20-12-10-19(15-22)11-13-20/h2-4,6-7,15H,5,8-14H2,1H3. The maximum absolute atomic E-state index is 12.4. The number of nitrogens with zero attached hydrogens (tertiary/aromatic N) is 3. The quantitative estimate of drug-likeness (QED) is 0.693. The molecule has 1 aromatic rings. The highest BCUT2D eigenvalue weighted by atomic mass is 16.2. The van der Waals surface area contributed by atoms with E-state index in [1.165, 1.54) is 12.5 Å². The summed E-state index contributed by atoms with van der Waals surface area (Å²) in [7, 11) is 0. The first-order valence-electron chi connectivity index (χ1n) is 8.36. The molecule has 1 saturated heterocycles. The minimum Gasteiger partial charge on any atom is -0.342 e. The molecule has 130 valence electrons. The number of hydrogen-bond acceptors (Lipinski definition) is 3. The van der Waals surface area contributed by atoms with Crippen LogP contribution in [0, 0.1) is 0 Å². The molecule has 0 unspecified atom stereocenters. The lowest BCUT2D eigenvalue weighted by atomic mass is 10.1. The van der Waals surface area contributed by atoms with Gasteiger partial charge in [0.2, 0.25) is 18.2 Å². The van der Waals surface area contributed by atoms with Crippen molar-refractivity contribution in [3.8, 4) is 0 Å². The van der Waals surface area contributed by atoms with Gasteiger partial charge < -0.3 is 14.7 Å². The van der Waals surface area contributed by atoms with Gasteiger partial charge in [0.05, 0.1) is 6.54 Å². The largest absolute Gasteiger partial charge is 0.342 e. The number of hydrogen-bond donors (Lipinski definition) is 0. The van der Waals surface area contributed by atoms with Crippen LogP contribution in [0.1, 0.15) is 18.9 Å². The lowest BCUT2D eigenvalue weighted by Gasteiger charge is -2.34. The predicted octanol–water partition coefficient (Wildman–Crippen LogP) is 0.768. The van der Waals surface area contributed by atoms with E-state index in [0.29, 0.717) is 32.7 Å². The van der Waals surface area contributed by atoms with Crippen LogP contribution in [0.5, 0.6) is 0 Å². The molecule has 24 heavy (non-hydrogen) atoms. The van der Waals surface area contributed by atoms with Crippen molar-refractivity contribution in [3.05, 3.63) is 35.9 Å². The lowest BCUT2D eigenvalue weighted by molar-refractivity contribution is -0.141. The molecule has 0 aliphatic carbocycles. The zero-order valence-electron chi connectivity index (χ0n) is 14.2. The SMILES string of the molecule is CC(=O)N(CCCc1ccccc1)CC(=O)N1CCN(C=O)CC1. The average molecular weight is 331 g/mol. The molecule has 2 rings (SSSR count). The minimum absolute atomic E-state index is 0.0459. The minimum atomic E-state index is -0.0806. The van der Waals surface area contributed by atoms with Gasteiger partial charge in [-0.1, -0.05) is 30.3 Å². The second-order valence-corrected chi connectivity index (χ2v) is 6.05. The maximum atomic E-state index is 12.4. The van der Waals surface area contributed by atoms with Gasteiger partial charge in [-0.2, -0.15) is 0 Å². The van der Waals surface area contributed by atoms with Crippen LogP contribution in [0.3, 0.4) is 0 Å². The van der Waals surface area contributed by atoms with Gasteiger partial charge in [0, 0.05) is 39.6 Å². The molecule has 6 nitrogen and oxygen atoms in total. The Bertz CT molecular complexity index is 554. The van der Waals surface area contributed by atoms with Crippen molar-refractivity contribution in [2.45, 2.75) is 19.8 Å². The zero-order chi connectivity index (χ0) is 17.4. The maximum Gasteiger partial charge on any atom is 0.242 e. The fraction of sp³-hybridized carbons (Fsp3) is 0.500. The summed E-state index contributed by atoms with van der Waals surface area (Å²) >= 11 is 0. The first-order chi connectivity index (χ1) is 11.6. The predicted molar refractivity (Wildman–Crippen MR) is 91.2 cm³/mol. The zero-order valence-corrected chi connectivity index (χ0v) is 14.2. The van der Waals surface area contributed by atoms with Crippen LogP contribution < -0.4 is 0 Å². The van der Waals surface area contributed by atoms with E-state index in [1.807, 2.05) is 18.2 Å². The van der Waals surface area contributed by atoms with E-state index in [0.717, 1.165) is 19.3 Å². The molecular formula is C18H25N3O3. The Hall–Kier alpha value is -2.37. The Morgan fingerprint density at radius 1 is 1.12 bits per heavy atom. The van der Waals surface area contributed by atoms with Gasteiger partial charge in [-0.25, -0.2) is 0 Å². The highest BCUT2D eigenvalue weighted by Gasteiger charge is 2.22. The van der Waals surface area contributed by atoms with Crippen LogP contribution in [-0.2, 0) is 20.8 Å². The molecule has 1 aliphatic heterocycles. The molecule has 1 aromatic carbocycles. The van der Waals surface area contributed by atoms with Crippen molar-refractivity contribution >= 4 is 18.2 Å². The number of carbonyl (C=O) groups excluding carboxylic acids is 3. The summed E-state index contributed by atoms with van der Waals surface area (Å²) in [6.07, 6.45) is 2.53. The van der Waals surface area contributed by atoms with Crippen molar-refractivity contribution in [2.24, 2.45) is 0 Å². The van der Waals surface area contributed by atoms with Crippen LogP contribution in [0.2, 0.25) is 0 Å². The van der Waals surface area contributed by atoms with Crippen molar-refractivity contribution in [3.63, 3.8) is 0 Å². The van der Waals surface area contributed by atoms with Gasteiger partial charge in [-0.05, 0) is 18.4 Å². The Morgan fingerprint density at radius 2 is 1.79 bits per heavy atom. The summed E-state index contributed by atoms with van der Waals surface area (Å²) in [5.74, 6) is -0.126. The molecule has 3 amide bonds. The number of carbonyl (C=O) groups is 3. The van der Waals surface area contributed by atoms with Gasteiger partial charge in [0.1, 0.15) is 0 Å². The summed E-state index contributed by atoms with van der Waals surface area (Å²) in [5, 5.41) is 0. The first-order valence-corrected chi connectivity index (χ1v) is 8.36. The Labute approximate surface area is 143 Å². The van der Waals surface area contributed by atoms with Crippen molar-refractivity contribution in [1.29, 1.82) is 0 Å². The van der Waals surface area contributed by atoms with E-state index in [2.05, 4.69) is 12.1 Å². The summed E-state index contributed by atoms with van der Waals surface area (Å²) < 4.78 is 0. The fourth-order valence-electron chi connectivity index (χ4n) is 2.81. The van der Waals surface area contributed by atoms with Gasteiger partial charge in [-0.3, -0.25) is 14.4 Å². The monoisotopic (exact) mass is 331 g/mol. The first kappa shape index (κ1) is 18.0. The third kappa shape index (κ3) is 5.37. The van der Waals surface area contributed by atoms with E-state index in [1.54, 1.807) is 14.7 Å². The summed E-state index contributed by atoms with van der Waals surface area (Å²) in [6.45, 7) is 4.38. The molecule has 0 bridgehead atoms. The van der Waals surface area contributed by atoms with Gasteiger partial charge >= 0.3 is 0 Å². The van der Waals surface area contributed by atoms with E-state index in [4.69, 9.17) is 0 Å². The Morgan fingerprint density at radius 3 is 2.38 bits per heavy atom. The molecule has 0 atom stereocenters. The van der Waals surface area contributed by atoms with Crippen molar-refractivity contribution in [2.75, 3.05) is 39.3 Å². The van der Waals surface area contributed by atoms with Crippen LogP contribution in [-0.4, -0.2) is 72.2 Å². The number of amides is 3. The van der Waals surface area contributed by atoms with Gasteiger partial charge in [0.25, 0.3) is 0 Å². The third-order valence-corrected chi connectivity index (χ3v) is 4.32. The van der Waals surface area contributed by atoms with Crippen molar-refractivity contribution in [1.82, 2.24) is 14.7 Å². The molecule has 1 aliphatic rings. The number of rotatable bonds is 7. The molecule has 0 spiro atoms. The molecule has 0 saturated carbocycles. The number of benzene rings is 1. The van der Waals surface area contributed by atoms with Crippen LogP contribution in [0.15, 0.2) is 30.3 Å². The normalized spacial score (nSPS) is 14.4. The van der Waals surface area contributed by atoms with E-state index in [-0.39, 0.29) is 18.4 Å². The highest BCUT2D eigenvalue weighted by molar-refractivity contribution is 5.84. The Kier molecular flexibility index (Phi) is 6.78. The molecule has 1 fully saturated rings. The number of aryl methyl sites for hydroxylation is 1. The second-order valence-electron chi connectivity index (χ2n) is 6.05. The summed E-state index contributed by atoms with van der Waals surface area (Å²) in [6, 6.07) is 10.1. The van der Waals surface area contributed by atoms with Crippen LogP contribution >= 0.6 is 0 Å². The molecule has 1 heterocycles. The molecule has 6 heteroatoms. The number of piperazine rings is 1. The van der Waals surface area contributed by atoms with E-state index < -0.39 is 0 Å². The molecule has 0 aromatic heterocycles. The van der Waals surface area contributed by atoms with E-state index >= 15 is 0 Å². The smallest absolute Gasteiger partial charge is 0.242 e. The highest BCUT2D eigenvalue weighted by Crippen LogP contribution is 2.06. The topological polar surface area (TPSA) is 60.9 Å². The van der Waals surface area contributed by atoms with Crippen LogP contribution in [0.4, 0.5) is 0 Å². The van der Waals surface area contributed by atoms with Gasteiger partial charge in [-0.15, -0.1) is 0 Å². The summed E-state index contributed by atoms with van der Waals surface area (Å²) in [4.78, 5) is 39.9. The fourth-order valence-corrected chi connectivity index (χ4v) is 2.81. The lowest BCUT2D eigenvalue weighted by Crippen LogP contribution is -2.51. The van der Waals surface area contributed by atoms with Crippen molar-refractivity contribution < 1.29 is 14.4 Å². The van der Waals surface area contributed by atoms with E-state index in [9.17, 15) is 14.4 Å².